The van der Waals surface area contributed by atoms with Crippen LogP contribution in [0.1, 0.15) is 40.4 Å². The van der Waals surface area contributed by atoms with Crippen LogP contribution in [0.25, 0.3) is 0 Å². The summed E-state index contributed by atoms with van der Waals surface area (Å²) < 4.78 is 17.5. The highest BCUT2D eigenvalue weighted by atomic mass is 16.5. The monoisotopic (exact) mass is 410 g/mol. The molecule has 2 aromatic rings. The van der Waals surface area contributed by atoms with E-state index in [0.29, 0.717) is 30.2 Å². The summed E-state index contributed by atoms with van der Waals surface area (Å²) in [6, 6.07) is 13.6. The van der Waals surface area contributed by atoms with Crippen molar-refractivity contribution in [1.82, 2.24) is 10.2 Å². The molecule has 1 N–H and O–H groups in total. The number of ether oxygens (including phenoxy) is 3. The molecule has 1 fully saturated rings. The van der Waals surface area contributed by atoms with Crippen molar-refractivity contribution >= 4 is 5.91 Å². The van der Waals surface area contributed by atoms with Gasteiger partial charge in [-0.3, -0.25) is 4.79 Å². The predicted octanol–water partition coefficient (Wildman–Crippen LogP) is 3.21. The van der Waals surface area contributed by atoms with Crippen LogP contribution in [0.2, 0.25) is 0 Å². The van der Waals surface area contributed by atoms with Crippen LogP contribution in [0.5, 0.6) is 11.5 Å². The van der Waals surface area contributed by atoms with E-state index >= 15 is 0 Å². The number of hydrogen-bond donors (Lipinski definition) is 1. The topological polar surface area (TPSA) is 60.0 Å². The van der Waals surface area contributed by atoms with E-state index in [2.05, 4.69) is 29.4 Å². The lowest BCUT2D eigenvalue weighted by molar-refractivity contribution is 0.0411. The first kappa shape index (κ1) is 20.7. The Morgan fingerprint density at radius 1 is 1.17 bits per heavy atom. The Hall–Kier alpha value is -2.57. The summed E-state index contributed by atoms with van der Waals surface area (Å²) in [5, 5.41) is 3.00. The number of nitrogens with zero attached hydrogens (tertiary/aromatic N) is 1. The second-order valence-electron chi connectivity index (χ2n) is 8.00. The van der Waals surface area contributed by atoms with Gasteiger partial charge >= 0.3 is 0 Å². The summed E-state index contributed by atoms with van der Waals surface area (Å²) in [7, 11) is 3.73. The molecule has 4 rings (SSSR count). The Morgan fingerprint density at radius 3 is 2.77 bits per heavy atom. The van der Waals surface area contributed by atoms with Gasteiger partial charge in [-0.15, -0.1) is 0 Å². The van der Waals surface area contributed by atoms with Crippen molar-refractivity contribution in [3.05, 3.63) is 59.2 Å². The minimum Gasteiger partial charge on any atom is -0.493 e. The Morgan fingerprint density at radius 2 is 1.97 bits per heavy atom. The van der Waals surface area contributed by atoms with E-state index in [0.717, 1.165) is 37.9 Å². The van der Waals surface area contributed by atoms with Gasteiger partial charge in [0.25, 0.3) is 5.91 Å². The molecule has 2 aromatic carbocycles. The van der Waals surface area contributed by atoms with Gasteiger partial charge in [-0.1, -0.05) is 24.3 Å². The van der Waals surface area contributed by atoms with Gasteiger partial charge in [-0.2, -0.15) is 0 Å². The molecule has 0 saturated carbocycles. The average molecular weight is 411 g/mol. The molecule has 6 heteroatoms. The third kappa shape index (κ3) is 4.77. The fourth-order valence-corrected chi connectivity index (χ4v) is 4.12. The van der Waals surface area contributed by atoms with Crippen LogP contribution in [0.4, 0.5) is 0 Å². The highest BCUT2D eigenvalue weighted by Gasteiger charge is 2.22. The fraction of sp³-hybridized carbons (Fsp3) is 0.458. The van der Waals surface area contributed by atoms with Gasteiger partial charge in [0, 0.05) is 25.2 Å². The third-order valence-electron chi connectivity index (χ3n) is 5.93. The first-order valence-electron chi connectivity index (χ1n) is 10.6. The molecule has 0 unspecified atom stereocenters. The molecular weight excluding hydrogens is 380 g/mol. The predicted molar refractivity (Wildman–Crippen MR) is 115 cm³/mol. The normalized spacial score (nSPS) is 19.7. The molecule has 1 saturated heterocycles. The van der Waals surface area contributed by atoms with Crippen LogP contribution in [-0.2, 0) is 11.2 Å². The number of nitrogens with one attached hydrogen (secondary N) is 1. The van der Waals surface area contributed by atoms with Crippen molar-refractivity contribution in [3.8, 4) is 11.5 Å². The first-order valence-corrected chi connectivity index (χ1v) is 10.6. The molecule has 0 radical (unpaired) electrons. The number of carbonyl (C=O) groups excluding carboxylic acids is 1. The van der Waals surface area contributed by atoms with Gasteiger partial charge in [-0.05, 0) is 55.6 Å². The molecular formula is C24H30N2O4. The number of methoxy groups -OCH3 is 1. The van der Waals surface area contributed by atoms with Crippen LogP contribution in [0, 0.1) is 0 Å². The van der Waals surface area contributed by atoms with Crippen molar-refractivity contribution < 1.29 is 19.0 Å². The van der Waals surface area contributed by atoms with E-state index in [9.17, 15) is 4.79 Å². The standard InChI is InChI=1S/C24H30N2O4/c1-26-12-9-19(10-13-26)30-21-8-7-18(15-22(21)28-2)24(27)25-16-23-20-6-4-3-5-17(20)11-14-29-23/h3-8,15,19,23H,9-14,16H2,1-2H3,(H,25,27)/t23-/m1/s1. The molecule has 2 heterocycles. The number of carbonyl (C=O) groups is 1. The number of amides is 1. The Bertz CT molecular complexity index is 877. The van der Waals surface area contributed by atoms with Gasteiger partial charge < -0.3 is 24.4 Å². The summed E-state index contributed by atoms with van der Waals surface area (Å²) in [5.41, 5.74) is 3.00. The van der Waals surface area contributed by atoms with Crippen LogP contribution < -0.4 is 14.8 Å². The fourth-order valence-electron chi connectivity index (χ4n) is 4.12. The van der Waals surface area contributed by atoms with Gasteiger partial charge in [0.15, 0.2) is 11.5 Å². The van der Waals surface area contributed by atoms with Crippen LogP contribution >= 0.6 is 0 Å². The van der Waals surface area contributed by atoms with Crippen molar-refractivity contribution in [2.24, 2.45) is 0 Å². The van der Waals surface area contributed by atoms with Crippen molar-refractivity contribution in [2.75, 3.05) is 40.4 Å². The zero-order valence-electron chi connectivity index (χ0n) is 17.7. The minimum absolute atomic E-state index is 0.118. The highest BCUT2D eigenvalue weighted by Crippen LogP contribution is 2.31. The minimum atomic E-state index is -0.147. The molecule has 30 heavy (non-hydrogen) atoms. The third-order valence-corrected chi connectivity index (χ3v) is 5.93. The maximum atomic E-state index is 12.7. The van der Waals surface area contributed by atoms with E-state index in [1.54, 1.807) is 19.2 Å². The molecule has 0 aliphatic carbocycles. The lowest BCUT2D eigenvalue weighted by atomic mass is 9.97. The van der Waals surface area contributed by atoms with Crippen LogP contribution in [-0.4, -0.2) is 57.3 Å². The van der Waals surface area contributed by atoms with Crippen molar-refractivity contribution in [2.45, 2.75) is 31.5 Å². The summed E-state index contributed by atoms with van der Waals surface area (Å²) in [5.74, 6) is 1.12. The molecule has 1 atom stereocenters. The van der Waals surface area contributed by atoms with E-state index in [1.807, 2.05) is 18.2 Å². The molecule has 160 valence electrons. The van der Waals surface area contributed by atoms with E-state index < -0.39 is 0 Å². The lowest BCUT2D eigenvalue weighted by Crippen LogP contribution is -2.35. The first-order chi connectivity index (χ1) is 14.6. The molecule has 0 aromatic heterocycles. The number of hydrogen-bond acceptors (Lipinski definition) is 5. The second-order valence-corrected chi connectivity index (χ2v) is 8.00. The van der Waals surface area contributed by atoms with Crippen LogP contribution in [0.15, 0.2) is 42.5 Å². The number of piperidine rings is 1. The summed E-state index contributed by atoms with van der Waals surface area (Å²) in [6.45, 7) is 3.17. The molecule has 2 aliphatic rings. The number of benzene rings is 2. The maximum absolute atomic E-state index is 12.7. The SMILES string of the molecule is COc1cc(C(=O)NC[C@H]2OCCc3ccccc32)ccc1OC1CCN(C)CC1. The van der Waals surface area contributed by atoms with E-state index in [4.69, 9.17) is 14.2 Å². The number of likely N-dealkylation sites (tertiary alicyclic amines) is 1. The van der Waals surface area contributed by atoms with Gasteiger partial charge in [-0.25, -0.2) is 0 Å². The molecule has 2 aliphatic heterocycles. The lowest BCUT2D eigenvalue weighted by Gasteiger charge is -2.29. The molecule has 6 nitrogen and oxygen atoms in total. The van der Waals surface area contributed by atoms with Gasteiger partial charge in [0.1, 0.15) is 12.2 Å². The largest absolute Gasteiger partial charge is 0.493 e. The summed E-state index contributed by atoms with van der Waals surface area (Å²) >= 11 is 0. The second kappa shape index (κ2) is 9.49. The summed E-state index contributed by atoms with van der Waals surface area (Å²) in [6.07, 6.45) is 2.96. The molecule has 0 spiro atoms. The molecule has 0 bridgehead atoms. The van der Waals surface area contributed by atoms with Gasteiger partial charge in [0.2, 0.25) is 0 Å². The maximum Gasteiger partial charge on any atom is 0.251 e. The molecule has 1 amide bonds. The zero-order chi connectivity index (χ0) is 20.9. The number of fused-ring (bicyclic) bond motifs is 1. The van der Waals surface area contributed by atoms with Crippen LogP contribution in [0.3, 0.4) is 0 Å². The smallest absolute Gasteiger partial charge is 0.251 e. The Kier molecular flexibility index (Phi) is 6.55. The quantitative estimate of drug-likeness (QED) is 0.793. The van der Waals surface area contributed by atoms with Gasteiger partial charge in [0.05, 0.1) is 13.7 Å². The average Bonchev–Trinajstić information content (AvgIpc) is 2.79. The number of rotatable bonds is 6. The van der Waals surface area contributed by atoms with Crippen molar-refractivity contribution in [1.29, 1.82) is 0 Å². The highest BCUT2D eigenvalue weighted by molar-refractivity contribution is 5.94. The van der Waals surface area contributed by atoms with E-state index in [1.165, 1.54) is 5.56 Å². The summed E-state index contributed by atoms with van der Waals surface area (Å²) in [4.78, 5) is 15.0. The Balaban J connectivity index is 1.38. The zero-order valence-corrected chi connectivity index (χ0v) is 17.7. The Labute approximate surface area is 178 Å². The van der Waals surface area contributed by atoms with E-state index in [-0.39, 0.29) is 18.1 Å². The van der Waals surface area contributed by atoms with Crippen molar-refractivity contribution in [3.63, 3.8) is 0 Å².